The summed E-state index contributed by atoms with van der Waals surface area (Å²) >= 11 is 7.63. The van der Waals surface area contributed by atoms with Crippen LogP contribution < -0.4 is 10.6 Å². The molecule has 0 aliphatic heterocycles. The summed E-state index contributed by atoms with van der Waals surface area (Å²) in [5, 5.41) is 8.68. The van der Waals surface area contributed by atoms with Gasteiger partial charge in [0.2, 0.25) is 11.7 Å². The second-order valence-electron chi connectivity index (χ2n) is 8.44. The summed E-state index contributed by atoms with van der Waals surface area (Å²) in [6.07, 6.45) is 7.26. The molecule has 1 aromatic carbocycles. The highest BCUT2D eigenvalue weighted by Gasteiger charge is 2.16. The molecule has 0 atom stereocenters. The maximum atomic E-state index is 12.6. The zero-order valence-electron chi connectivity index (χ0n) is 21.1. The van der Waals surface area contributed by atoms with Crippen molar-refractivity contribution in [3.05, 3.63) is 76.1 Å². The molecule has 0 bridgehead atoms. The van der Waals surface area contributed by atoms with Crippen molar-refractivity contribution in [2.45, 2.75) is 6.42 Å². The third-order valence-corrected chi connectivity index (χ3v) is 6.33. The first kappa shape index (κ1) is 27.8. The largest absolute Gasteiger partial charge is 0.462 e. The molecule has 4 aromatic rings. The molecule has 2 N–H and O–H groups in total. The Balaban J connectivity index is 1.43. The third kappa shape index (κ3) is 7.63. The Labute approximate surface area is 232 Å². The first-order valence-electron chi connectivity index (χ1n) is 11.7. The highest BCUT2D eigenvalue weighted by molar-refractivity contribution is 7.11. The van der Waals surface area contributed by atoms with Gasteiger partial charge >= 0.3 is 5.97 Å². The molecule has 3 heterocycles. The lowest BCUT2D eigenvalue weighted by molar-refractivity contribution is -0.138. The smallest absolute Gasteiger partial charge is 0.330 e. The number of hydrogen-bond donors (Lipinski definition) is 2. The fourth-order valence-electron chi connectivity index (χ4n) is 3.40. The topological polar surface area (TPSA) is 139 Å². The standard InChI is InChI=1S/C26H24ClN7O4S/c1-34(2)9-3-10-38-23(36)7-6-22(35)33-21-13-18-20(14-29-21)30-15-31-25(18)32-16-4-5-17(19(27)12-16)24(37)26-28-8-11-39-26/h4-8,11-15H,3,9-10H2,1-2H3,(H,29,33,35)(H,30,31,32). The number of ketones is 1. The van der Waals surface area contributed by atoms with Crippen LogP contribution in [-0.4, -0.2) is 69.7 Å². The molecule has 0 spiro atoms. The minimum Gasteiger partial charge on any atom is -0.462 e. The Kier molecular flexibility index (Phi) is 9.26. The molecule has 0 unspecified atom stereocenters. The Bertz CT molecular complexity index is 1530. The van der Waals surface area contributed by atoms with Crippen LogP contribution >= 0.6 is 22.9 Å². The van der Waals surface area contributed by atoms with Gasteiger partial charge in [-0.2, -0.15) is 0 Å². The van der Waals surface area contributed by atoms with Crippen molar-refractivity contribution in [2.24, 2.45) is 0 Å². The van der Waals surface area contributed by atoms with Gasteiger partial charge in [0.15, 0.2) is 5.01 Å². The molecule has 0 saturated carbocycles. The number of nitrogens with one attached hydrogen (secondary N) is 2. The highest BCUT2D eigenvalue weighted by atomic mass is 35.5. The van der Waals surface area contributed by atoms with Crippen molar-refractivity contribution in [3.8, 4) is 0 Å². The molecule has 0 radical (unpaired) electrons. The third-order valence-electron chi connectivity index (χ3n) is 5.24. The van der Waals surface area contributed by atoms with E-state index in [1.807, 2.05) is 19.0 Å². The molecule has 3 aromatic heterocycles. The number of nitrogens with zero attached hydrogens (tertiary/aromatic N) is 5. The van der Waals surface area contributed by atoms with Gasteiger partial charge in [0.1, 0.15) is 18.0 Å². The number of carbonyl (C=O) groups excluding carboxylic acids is 3. The van der Waals surface area contributed by atoms with Gasteiger partial charge in [-0.3, -0.25) is 9.59 Å². The van der Waals surface area contributed by atoms with Crippen molar-refractivity contribution < 1.29 is 19.1 Å². The van der Waals surface area contributed by atoms with Crippen molar-refractivity contribution in [1.29, 1.82) is 0 Å². The van der Waals surface area contributed by atoms with Crippen molar-refractivity contribution in [2.75, 3.05) is 37.9 Å². The van der Waals surface area contributed by atoms with E-state index in [0.717, 1.165) is 18.7 Å². The first-order chi connectivity index (χ1) is 18.8. The number of rotatable bonds is 11. The summed E-state index contributed by atoms with van der Waals surface area (Å²) in [4.78, 5) is 55.5. The van der Waals surface area contributed by atoms with E-state index in [2.05, 4.69) is 30.6 Å². The Morgan fingerprint density at radius 1 is 1.10 bits per heavy atom. The normalized spacial score (nSPS) is 11.2. The van der Waals surface area contributed by atoms with Crippen LogP contribution in [0.2, 0.25) is 5.02 Å². The first-order valence-corrected chi connectivity index (χ1v) is 13.0. The number of fused-ring (bicyclic) bond motifs is 1. The molecule has 0 fully saturated rings. The van der Waals surface area contributed by atoms with Crippen LogP contribution in [0.1, 0.15) is 21.8 Å². The number of anilines is 3. The van der Waals surface area contributed by atoms with Gasteiger partial charge in [0.05, 0.1) is 23.3 Å². The zero-order chi connectivity index (χ0) is 27.8. The Morgan fingerprint density at radius 2 is 1.95 bits per heavy atom. The molecule has 200 valence electrons. The van der Waals surface area contributed by atoms with Gasteiger partial charge in [-0.1, -0.05) is 11.6 Å². The van der Waals surface area contributed by atoms with Crippen LogP contribution in [0, 0.1) is 0 Å². The van der Waals surface area contributed by atoms with Gasteiger partial charge in [-0.25, -0.2) is 24.7 Å². The maximum Gasteiger partial charge on any atom is 0.330 e. The average Bonchev–Trinajstić information content (AvgIpc) is 3.45. The molecule has 4 rings (SSSR count). The van der Waals surface area contributed by atoms with Gasteiger partial charge in [0, 0.05) is 46.9 Å². The fraction of sp³-hybridized carbons (Fsp3) is 0.192. The van der Waals surface area contributed by atoms with Crippen LogP contribution in [0.5, 0.6) is 0 Å². The Hall–Kier alpha value is -4.26. The molecule has 11 nitrogen and oxygen atoms in total. The summed E-state index contributed by atoms with van der Waals surface area (Å²) in [5.74, 6) is -0.743. The SMILES string of the molecule is CN(C)CCCOC(=O)C=CC(=O)Nc1cc2c(Nc3ccc(C(=O)c4nccs4)c(Cl)c3)ncnc2cn1. The Morgan fingerprint density at radius 3 is 2.69 bits per heavy atom. The summed E-state index contributed by atoms with van der Waals surface area (Å²) in [5.41, 5.74) is 1.46. The lowest BCUT2D eigenvalue weighted by Crippen LogP contribution is -2.16. The van der Waals surface area contributed by atoms with E-state index in [9.17, 15) is 14.4 Å². The number of carbonyl (C=O) groups is 3. The van der Waals surface area contributed by atoms with Crippen LogP contribution in [0.3, 0.4) is 0 Å². The molecule has 13 heteroatoms. The number of benzene rings is 1. The monoisotopic (exact) mass is 565 g/mol. The summed E-state index contributed by atoms with van der Waals surface area (Å²) in [6, 6.07) is 6.54. The second kappa shape index (κ2) is 13.0. The van der Waals surface area contributed by atoms with E-state index >= 15 is 0 Å². The molecule has 0 aliphatic carbocycles. The predicted molar refractivity (Wildman–Crippen MR) is 150 cm³/mol. The van der Waals surface area contributed by atoms with Crippen LogP contribution in [0.25, 0.3) is 10.9 Å². The van der Waals surface area contributed by atoms with Gasteiger partial charge in [-0.05, 0) is 44.8 Å². The quantitative estimate of drug-likeness (QED) is 0.118. The minimum absolute atomic E-state index is 0.233. The molecule has 0 aliphatic rings. The van der Waals surface area contributed by atoms with Crippen molar-refractivity contribution >= 4 is 68.8 Å². The summed E-state index contributed by atoms with van der Waals surface area (Å²) in [7, 11) is 3.86. The number of aromatic nitrogens is 4. The number of thiazole rings is 1. The molecule has 39 heavy (non-hydrogen) atoms. The van der Waals surface area contributed by atoms with Crippen LogP contribution in [0.4, 0.5) is 17.3 Å². The lowest BCUT2D eigenvalue weighted by atomic mass is 10.1. The van der Waals surface area contributed by atoms with Gasteiger partial charge < -0.3 is 20.3 Å². The number of esters is 1. The number of pyridine rings is 1. The molecule has 0 saturated heterocycles. The van der Waals surface area contributed by atoms with Crippen molar-refractivity contribution in [1.82, 2.24) is 24.8 Å². The van der Waals surface area contributed by atoms with E-state index in [0.29, 0.717) is 39.4 Å². The molecular formula is C26H24ClN7O4S. The molecular weight excluding hydrogens is 542 g/mol. The second-order valence-corrected chi connectivity index (χ2v) is 9.74. The predicted octanol–water partition coefficient (Wildman–Crippen LogP) is 4.10. The number of hydrogen-bond acceptors (Lipinski definition) is 11. The zero-order valence-corrected chi connectivity index (χ0v) is 22.6. The van der Waals surface area contributed by atoms with Gasteiger partial charge in [-0.15, -0.1) is 11.3 Å². The molecule has 1 amide bonds. The number of halogens is 1. The van der Waals surface area contributed by atoms with Crippen molar-refractivity contribution in [3.63, 3.8) is 0 Å². The van der Waals surface area contributed by atoms with E-state index in [1.54, 1.807) is 35.8 Å². The highest BCUT2D eigenvalue weighted by Crippen LogP contribution is 2.28. The minimum atomic E-state index is -0.603. The van der Waals surface area contributed by atoms with E-state index in [-0.39, 0.29) is 23.2 Å². The van der Waals surface area contributed by atoms with E-state index in [1.165, 1.54) is 23.9 Å². The van der Waals surface area contributed by atoms with Crippen LogP contribution in [-0.2, 0) is 14.3 Å². The maximum absolute atomic E-state index is 12.6. The summed E-state index contributed by atoms with van der Waals surface area (Å²) < 4.78 is 5.07. The average molecular weight is 566 g/mol. The summed E-state index contributed by atoms with van der Waals surface area (Å²) in [6.45, 7) is 1.05. The lowest BCUT2D eigenvalue weighted by Gasteiger charge is -2.11. The van der Waals surface area contributed by atoms with Crippen LogP contribution in [0.15, 0.2) is 60.5 Å². The van der Waals surface area contributed by atoms with E-state index < -0.39 is 11.9 Å². The van der Waals surface area contributed by atoms with E-state index in [4.69, 9.17) is 16.3 Å². The fourth-order valence-corrected chi connectivity index (χ4v) is 4.26. The number of amides is 1. The number of ether oxygens (including phenoxy) is 1. The van der Waals surface area contributed by atoms with Gasteiger partial charge in [0.25, 0.3) is 0 Å².